The van der Waals surface area contributed by atoms with Gasteiger partial charge in [0.2, 0.25) is 5.89 Å². The second-order valence-corrected chi connectivity index (χ2v) is 5.16. The molecule has 0 aromatic carbocycles. The van der Waals surface area contributed by atoms with Crippen LogP contribution >= 0.6 is 0 Å². The molecule has 2 aromatic rings. The largest absolute Gasteiger partial charge is 0.339 e. The van der Waals surface area contributed by atoms with Crippen LogP contribution in [0.3, 0.4) is 0 Å². The van der Waals surface area contributed by atoms with E-state index in [1.54, 1.807) is 0 Å². The molecule has 5 heteroatoms. The van der Waals surface area contributed by atoms with Gasteiger partial charge in [-0.15, -0.1) is 0 Å². The Morgan fingerprint density at radius 1 is 1.47 bits per heavy atom. The maximum Gasteiger partial charge on any atom is 0.231 e. The maximum atomic E-state index is 5.30. The fourth-order valence-electron chi connectivity index (χ4n) is 1.97. The van der Waals surface area contributed by atoms with Gasteiger partial charge in [0, 0.05) is 24.2 Å². The van der Waals surface area contributed by atoms with Gasteiger partial charge < -0.3 is 4.52 Å². The minimum atomic E-state index is 0.172. The van der Waals surface area contributed by atoms with E-state index < -0.39 is 0 Å². The van der Waals surface area contributed by atoms with Gasteiger partial charge in [-0.25, -0.2) is 0 Å². The van der Waals surface area contributed by atoms with Gasteiger partial charge in [-0.05, 0) is 19.8 Å². The van der Waals surface area contributed by atoms with Crippen molar-refractivity contribution in [2.45, 2.75) is 38.5 Å². The van der Waals surface area contributed by atoms with Crippen molar-refractivity contribution in [3.05, 3.63) is 29.2 Å². The number of rotatable bonds is 3. The first-order chi connectivity index (χ1) is 8.07. The molecular weight excluding hydrogens is 216 g/mol. The molecule has 1 aliphatic rings. The summed E-state index contributed by atoms with van der Waals surface area (Å²) in [6.45, 7) is 4.17. The van der Waals surface area contributed by atoms with E-state index in [1.807, 2.05) is 24.9 Å². The molecule has 1 saturated carbocycles. The van der Waals surface area contributed by atoms with E-state index >= 15 is 0 Å². The maximum absolute atomic E-state index is 5.30. The highest BCUT2D eigenvalue weighted by Gasteiger charge is 2.43. The SMILES string of the molecule is Cc1nn(C)cc1Cc1nc(C2(C)CC2)no1. The molecule has 0 spiro atoms. The van der Waals surface area contributed by atoms with Crippen LogP contribution in [0.25, 0.3) is 0 Å². The summed E-state index contributed by atoms with van der Waals surface area (Å²) in [5.41, 5.74) is 2.33. The van der Waals surface area contributed by atoms with Crippen LogP contribution in [0.4, 0.5) is 0 Å². The standard InChI is InChI=1S/C12H16N4O/c1-8-9(7-16(3)14-8)6-10-13-11(15-17-10)12(2)4-5-12/h7H,4-6H2,1-3H3. The quantitative estimate of drug-likeness (QED) is 0.809. The molecule has 0 amide bonds. The van der Waals surface area contributed by atoms with E-state index in [1.165, 1.54) is 0 Å². The summed E-state index contributed by atoms with van der Waals surface area (Å²) in [5, 5.41) is 8.37. The molecule has 0 N–H and O–H groups in total. The summed E-state index contributed by atoms with van der Waals surface area (Å²) in [5.74, 6) is 1.54. The van der Waals surface area contributed by atoms with Crippen LogP contribution in [0, 0.1) is 6.92 Å². The zero-order valence-electron chi connectivity index (χ0n) is 10.4. The predicted molar refractivity (Wildman–Crippen MR) is 61.6 cm³/mol. The molecule has 0 unspecified atom stereocenters. The highest BCUT2D eigenvalue weighted by atomic mass is 16.5. The van der Waals surface area contributed by atoms with Gasteiger partial charge in [-0.2, -0.15) is 10.1 Å². The average molecular weight is 232 g/mol. The molecule has 3 rings (SSSR count). The van der Waals surface area contributed by atoms with Crippen LogP contribution in [0.2, 0.25) is 0 Å². The summed E-state index contributed by atoms with van der Waals surface area (Å²) >= 11 is 0. The normalized spacial score (nSPS) is 17.4. The summed E-state index contributed by atoms with van der Waals surface area (Å²) in [6, 6.07) is 0. The van der Waals surface area contributed by atoms with Crippen LogP contribution in [0.15, 0.2) is 10.7 Å². The van der Waals surface area contributed by atoms with Crippen molar-refractivity contribution in [2.75, 3.05) is 0 Å². The van der Waals surface area contributed by atoms with E-state index in [-0.39, 0.29) is 5.41 Å². The first-order valence-corrected chi connectivity index (χ1v) is 5.89. The summed E-state index contributed by atoms with van der Waals surface area (Å²) < 4.78 is 7.11. The second-order valence-electron chi connectivity index (χ2n) is 5.16. The van der Waals surface area contributed by atoms with Crippen molar-refractivity contribution in [2.24, 2.45) is 7.05 Å². The topological polar surface area (TPSA) is 56.7 Å². The summed E-state index contributed by atoms with van der Waals surface area (Å²) in [7, 11) is 1.92. The molecule has 17 heavy (non-hydrogen) atoms. The molecule has 0 saturated heterocycles. The zero-order valence-corrected chi connectivity index (χ0v) is 10.4. The fourth-order valence-corrected chi connectivity index (χ4v) is 1.97. The Balaban J connectivity index is 1.81. The van der Waals surface area contributed by atoms with E-state index in [9.17, 15) is 0 Å². The Hall–Kier alpha value is -1.65. The predicted octanol–water partition coefficient (Wildman–Crippen LogP) is 1.75. The van der Waals surface area contributed by atoms with Crippen LogP contribution in [0.5, 0.6) is 0 Å². The zero-order chi connectivity index (χ0) is 12.0. The Labute approximate surface area is 99.8 Å². The van der Waals surface area contributed by atoms with E-state index in [0.717, 1.165) is 29.9 Å². The number of aromatic nitrogens is 4. The molecule has 0 bridgehead atoms. The van der Waals surface area contributed by atoms with Crippen molar-refractivity contribution in [1.29, 1.82) is 0 Å². The molecule has 1 aliphatic carbocycles. The Bertz CT molecular complexity index is 551. The van der Waals surface area contributed by atoms with Gasteiger partial charge in [-0.1, -0.05) is 12.1 Å². The minimum absolute atomic E-state index is 0.172. The van der Waals surface area contributed by atoms with Gasteiger partial charge in [-0.3, -0.25) is 4.68 Å². The number of hydrogen-bond donors (Lipinski definition) is 0. The van der Waals surface area contributed by atoms with E-state index in [2.05, 4.69) is 22.2 Å². The van der Waals surface area contributed by atoms with Crippen molar-refractivity contribution in [3.8, 4) is 0 Å². The first-order valence-electron chi connectivity index (χ1n) is 5.89. The molecule has 1 fully saturated rings. The smallest absolute Gasteiger partial charge is 0.231 e. The number of aryl methyl sites for hydroxylation is 2. The molecule has 2 heterocycles. The summed E-state index contributed by atoms with van der Waals surface area (Å²) in [4.78, 5) is 4.47. The van der Waals surface area contributed by atoms with Crippen LogP contribution < -0.4 is 0 Å². The van der Waals surface area contributed by atoms with Crippen molar-refractivity contribution in [1.82, 2.24) is 19.9 Å². The second kappa shape index (κ2) is 3.42. The summed E-state index contributed by atoms with van der Waals surface area (Å²) in [6.07, 6.45) is 5.00. The third-order valence-corrected chi connectivity index (χ3v) is 3.46. The highest BCUT2D eigenvalue weighted by Crippen LogP contribution is 2.45. The number of hydrogen-bond acceptors (Lipinski definition) is 4. The Morgan fingerprint density at radius 2 is 2.24 bits per heavy atom. The van der Waals surface area contributed by atoms with Crippen LogP contribution in [-0.4, -0.2) is 19.9 Å². The van der Waals surface area contributed by atoms with Crippen molar-refractivity contribution in [3.63, 3.8) is 0 Å². The Kier molecular flexibility index (Phi) is 2.11. The molecule has 0 radical (unpaired) electrons. The van der Waals surface area contributed by atoms with E-state index in [0.29, 0.717) is 12.3 Å². The molecule has 0 aliphatic heterocycles. The van der Waals surface area contributed by atoms with Gasteiger partial charge in [0.05, 0.1) is 12.1 Å². The van der Waals surface area contributed by atoms with Gasteiger partial charge >= 0.3 is 0 Å². The third kappa shape index (κ3) is 1.85. The molecule has 90 valence electrons. The third-order valence-electron chi connectivity index (χ3n) is 3.46. The molecular formula is C12H16N4O. The van der Waals surface area contributed by atoms with Crippen LogP contribution in [0.1, 0.15) is 42.7 Å². The minimum Gasteiger partial charge on any atom is -0.339 e. The monoisotopic (exact) mass is 232 g/mol. The van der Waals surface area contributed by atoms with Gasteiger partial charge in [0.25, 0.3) is 0 Å². The van der Waals surface area contributed by atoms with Crippen LogP contribution in [-0.2, 0) is 18.9 Å². The molecule has 0 atom stereocenters. The average Bonchev–Trinajstić information content (AvgIpc) is 2.73. The van der Waals surface area contributed by atoms with Crippen molar-refractivity contribution >= 4 is 0 Å². The fraction of sp³-hybridized carbons (Fsp3) is 0.583. The molecule has 2 aromatic heterocycles. The highest BCUT2D eigenvalue weighted by molar-refractivity contribution is 5.20. The lowest BCUT2D eigenvalue weighted by atomic mass is 10.1. The number of nitrogens with zero attached hydrogens (tertiary/aromatic N) is 4. The van der Waals surface area contributed by atoms with E-state index in [4.69, 9.17) is 4.52 Å². The van der Waals surface area contributed by atoms with Crippen molar-refractivity contribution < 1.29 is 4.52 Å². The molecule has 5 nitrogen and oxygen atoms in total. The first kappa shape index (κ1) is 10.5. The lowest BCUT2D eigenvalue weighted by molar-refractivity contribution is 0.375. The Morgan fingerprint density at radius 3 is 2.82 bits per heavy atom. The van der Waals surface area contributed by atoms with Gasteiger partial charge in [0.1, 0.15) is 0 Å². The lowest BCUT2D eigenvalue weighted by Gasteiger charge is -1.97. The lowest BCUT2D eigenvalue weighted by Crippen LogP contribution is -2.02. The van der Waals surface area contributed by atoms with Gasteiger partial charge in [0.15, 0.2) is 5.82 Å².